The van der Waals surface area contributed by atoms with E-state index in [1.54, 1.807) is 43.0 Å². The number of pyridine rings is 1. The van der Waals surface area contributed by atoms with E-state index in [2.05, 4.69) is 10.1 Å². The molecule has 1 atom stereocenters. The second-order valence-corrected chi connectivity index (χ2v) is 5.28. The van der Waals surface area contributed by atoms with Gasteiger partial charge in [-0.15, -0.1) is 0 Å². The zero-order valence-electron chi connectivity index (χ0n) is 13.5. The summed E-state index contributed by atoms with van der Waals surface area (Å²) in [5, 5.41) is 4.70. The van der Waals surface area contributed by atoms with Gasteiger partial charge < -0.3 is 9.47 Å². The van der Waals surface area contributed by atoms with Crippen LogP contribution in [-0.4, -0.2) is 27.8 Å². The molecule has 0 aliphatic carbocycles. The molecule has 0 unspecified atom stereocenters. The fourth-order valence-corrected chi connectivity index (χ4v) is 2.53. The van der Waals surface area contributed by atoms with Crippen LogP contribution in [-0.2, 0) is 11.8 Å². The number of rotatable bonds is 4. The zero-order valence-corrected chi connectivity index (χ0v) is 13.5. The van der Waals surface area contributed by atoms with Gasteiger partial charge >= 0.3 is 5.97 Å². The van der Waals surface area contributed by atoms with Crippen LogP contribution >= 0.6 is 0 Å². The van der Waals surface area contributed by atoms with Crippen LogP contribution < -0.4 is 4.74 Å². The fourth-order valence-electron chi connectivity index (χ4n) is 2.53. The average molecular weight is 329 g/mol. The standard InChI is InChI=1S/C17H16FN3O3/c1-10(11-6-4-5-7-14(11)18)24-17(22)13-8-19-16-12(15(13)23-3)9-20-21(16)2/h4-10H,1-3H3/t10-/m1/s1. The van der Waals surface area contributed by atoms with Crippen molar-refractivity contribution in [3.8, 4) is 5.75 Å². The number of esters is 1. The molecule has 124 valence electrons. The number of hydrogen-bond acceptors (Lipinski definition) is 5. The number of fused-ring (bicyclic) bond motifs is 1. The molecule has 2 heterocycles. The molecule has 0 radical (unpaired) electrons. The minimum absolute atomic E-state index is 0.168. The van der Waals surface area contributed by atoms with Gasteiger partial charge in [0.1, 0.15) is 23.2 Å². The third kappa shape index (κ3) is 2.68. The van der Waals surface area contributed by atoms with Crippen molar-refractivity contribution in [1.29, 1.82) is 0 Å². The molecule has 3 rings (SSSR count). The van der Waals surface area contributed by atoms with Gasteiger partial charge in [0.25, 0.3) is 0 Å². The molecular formula is C17H16FN3O3. The van der Waals surface area contributed by atoms with Gasteiger partial charge in [-0.05, 0) is 13.0 Å². The molecule has 0 N–H and O–H groups in total. The first kappa shape index (κ1) is 15.9. The lowest BCUT2D eigenvalue weighted by atomic mass is 10.1. The maximum absolute atomic E-state index is 13.8. The SMILES string of the molecule is COc1c(C(=O)O[C@H](C)c2ccccc2F)cnc2c1cnn2C. The summed E-state index contributed by atoms with van der Waals surface area (Å²) in [6, 6.07) is 6.17. The molecule has 0 aliphatic heterocycles. The van der Waals surface area contributed by atoms with E-state index in [1.807, 2.05) is 0 Å². The maximum atomic E-state index is 13.8. The fraction of sp³-hybridized carbons (Fsp3) is 0.235. The highest BCUT2D eigenvalue weighted by molar-refractivity contribution is 5.98. The van der Waals surface area contributed by atoms with E-state index in [0.29, 0.717) is 22.3 Å². The van der Waals surface area contributed by atoms with Crippen molar-refractivity contribution in [2.75, 3.05) is 7.11 Å². The van der Waals surface area contributed by atoms with Crippen LogP contribution in [0.5, 0.6) is 5.75 Å². The molecule has 0 fully saturated rings. The highest BCUT2D eigenvalue weighted by Crippen LogP contribution is 2.30. The summed E-state index contributed by atoms with van der Waals surface area (Å²) < 4.78 is 26.1. The maximum Gasteiger partial charge on any atom is 0.344 e. The molecule has 2 aromatic heterocycles. The number of benzene rings is 1. The number of aromatic nitrogens is 3. The molecular weight excluding hydrogens is 313 g/mol. The Kier molecular flexibility index (Phi) is 4.16. The summed E-state index contributed by atoms with van der Waals surface area (Å²) in [7, 11) is 3.20. The second kappa shape index (κ2) is 6.27. The van der Waals surface area contributed by atoms with E-state index in [4.69, 9.17) is 9.47 Å². The largest absolute Gasteiger partial charge is 0.495 e. The molecule has 0 saturated heterocycles. The van der Waals surface area contributed by atoms with Gasteiger partial charge in [0.05, 0.1) is 18.7 Å². The lowest BCUT2D eigenvalue weighted by Crippen LogP contribution is -2.12. The quantitative estimate of drug-likeness (QED) is 0.688. The second-order valence-electron chi connectivity index (χ2n) is 5.28. The predicted octanol–water partition coefficient (Wildman–Crippen LogP) is 3.03. The van der Waals surface area contributed by atoms with Gasteiger partial charge in [-0.2, -0.15) is 5.10 Å². The Labute approximate surface area is 137 Å². The van der Waals surface area contributed by atoms with Crippen LogP contribution in [0.15, 0.2) is 36.7 Å². The summed E-state index contributed by atoms with van der Waals surface area (Å²) in [4.78, 5) is 16.7. The van der Waals surface area contributed by atoms with Gasteiger partial charge in [-0.3, -0.25) is 4.68 Å². The number of nitrogens with zero attached hydrogens (tertiary/aromatic N) is 3. The first-order chi connectivity index (χ1) is 11.5. The lowest BCUT2D eigenvalue weighted by molar-refractivity contribution is 0.0327. The number of aryl methyl sites for hydroxylation is 1. The Morgan fingerprint density at radius 3 is 2.75 bits per heavy atom. The number of hydrogen-bond donors (Lipinski definition) is 0. The van der Waals surface area contributed by atoms with Crippen LogP contribution in [0.3, 0.4) is 0 Å². The molecule has 6 nitrogen and oxygen atoms in total. The van der Waals surface area contributed by atoms with Crippen LogP contribution in [0, 0.1) is 5.82 Å². The average Bonchev–Trinajstić information content (AvgIpc) is 2.95. The number of carbonyl (C=O) groups excluding carboxylic acids is 1. The summed E-state index contributed by atoms with van der Waals surface area (Å²) in [6.45, 7) is 1.61. The van der Waals surface area contributed by atoms with Crippen LogP contribution in [0.25, 0.3) is 11.0 Å². The summed E-state index contributed by atoms with van der Waals surface area (Å²) in [5.41, 5.74) is 1.06. The molecule has 3 aromatic rings. The minimum Gasteiger partial charge on any atom is -0.495 e. The molecule has 0 saturated carbocycles. The van der Waals surface area contributed by atoms with Gasteiger partial charge in [-0.1, -0.05) is 18.2 Å². The van der Waals surface area contributed by atoms with E-state index in [-0.39, 0.29) is 5.56 Å². The van der Waals surface area contributed by atoms with Crippen LogP contribution in [0.4, 0.5) is 4.39 Å². The minimum atomic E-state index is -0.743. The van der Waals surface area contributed by atoms with Gasteiger partial charge in [0, 0.05) is 18.8 Å². The molecule has 0 spiro atoms. The topological polar surface area (TPSA) is 66.2 Å². The van der Waals surface area contributed by atoms with E-state index < -0.39 is 17.9 Å². The third-order valence-corrected chi connectivity index (χ3v) is 3.76. The Morgan fingerprint density at radius 2 is 2.04 bits per heavy atom. The van der Waals surface area contributed by atoms with Crippen molar-refractivity contribution in [2.24, 2.45) is 7.05 Å². The molecule has 1 aromatic carbocycles. The number of methoxy groups -OCH3 is 1. The number of carbonyl (C=O) groups is 1. The van der Waals surface area contributed by atoms with Crippen molar-refractivity contribution in [2.45, 2.75) is 13.0 Å². The smallest absolute Gasteiger partial charge is 0.344 e. The van der Waals surface area contributed by atoms with Crippen molar-refractivity contribution in [1.82, 2.24) is 14.8 Å². The van der Waals surface area contributed by atoms with Crippen molar-refractivity contribution < 1.29 is 18.7 Å². The Morgan fingerprint density at radius 1 is 1.29 bits per heavy atom. The van der Waals surface area contributed by atoms with Crippen LogP contribution in [0.1, 0.15) is 28.9 Å². The summed E-state index contributed by atoms with van der Waals surface area (Å²) in [6.07, 6.45) is 2.20. The number of ether oxygens (including phenoxy) is 2. The van der Waals surface area contributed by atoms with E-state index in [0.717, 1.165) is 0 Å². The molecule has 0 amide bonds. The van der Waals surface area contributed by atoms with Crippen molar-refractivity contribution in [3.63, 3.8) is 0 Å². The lowest BCUT2D eigenvalue weighted by Gasteiger charge is -2.15. The molecule has 24 heavy (non-hydrogen) atoms. The highest BCUT2D eigenvalue weighted by atomic mass is 19.1. The Balaban J connectivity index is 1.93. The molecule has 0 bridgehead atoms. The highest BCUT2D eigenvalue weighted by Gasteiger charge is 2.22. The monoisotopic (exact) mass is 329 g/mol. The molecule has 7 heteroatoms. The van der Waals surface area contributed by atoms with Crippen molar-refractivity contribution in [3.05, 3.63) is 53.6 Å². The Bertz CT molecular complexity index is 907. The van der Waals surface area contributed by atoms with Crippen LogP contribution in [0.2, 0.25) is 0 Å². The molecule has 0 aliphatic rings. The number of halogens is 1. The van der Waals surface area contributed by atoms with E-state index in [1.165, 1.54) is 19.4 Å². The van der Waals surface area contributed by atoms with E-state index >= 15 is 0 Å². The van der Waals surface area contributed by atoms with Gasteiger partial charge in [0.2, 0.25) is 0 Å². The summed E-state index contributed by atoms with van der Waals surface area (Å²) >= 11 is 0. The zero-order chi connectivity index (χ0) is 17.3. The van der Waals surface area contributed by atoms with Crippen molar-refractivity contribution >= 4 is 17.0 Å². The van der Waals surface area contributed by atoms with Gasteiger partial charge in [-0.25, -0.2) is 14.2 Å². The third-order valence-electron chi connectivity index (χ3n) is 3.76. The Hall–Kier alpha value is -2.96. The summed E-state index contributed by atoms with van der Waals surface area (Å²) in [5.74, 6) is -0.731. The van der Waals surface area contributed by atoms with E-state index in [9.17, 15) is 9.18 Å². The predicted molar refractivity (Wildman–Crippen MR) is 85.3 cm³/mol. The first-order valence-corrected chi connectivity index (χ1v) is 7.33. The normalized spacial score (nSPS) is 12.2. The van der Waals surface area contributed by atoms with Gasteiger partial charge in [0.15, 0.2) is 5.65 Å². The first-order valence-electron chi connectivity index (χ1n) is 7.33.